The van der Waals surface area contributed by atoms with E-state index < -0.39 is 6.04 Å². The van der Waals surface area contributed by atoms with E-state index in [0.29, 0.717) is 40.5 Å². The first kappa shape index (κ1) is 19.9. The van der Waals surface area contributed by atoms with Crippen molar-refractivity contribution in [3.63, 3.8) is 0 Å². The van der Waals surface area contributed by atoms with E-state index in [4.69, 9.17) is 11.6 Å². The summed E-state index contributed by atoms with van der Waals surface area (Å²) >= 11 is 6.08. The number of aromatic nitrogens is 2. The second-order valence-electron chi connectivity index (χ2n) is 6.44. The molecular formula is C21H23ClN4O2. The molecule has 3 aromatic rings. The average molecular weight is 399 g/mol. The lowest BCUT2D eigenvalue weighted by Crippen LogP contribution is -2.39. The molecule has 0 radical (unpaired) electrons. The van der Waals surface area contributed by atoms with Gasteiger partial charge in [0.05, 0.1) is 16.9 Å². The third-order valence-corrected chi connectivity index (χ3v) is 4.97. The summed E-state index contributed by atoms with van der Waals surface area (Å²) < 4.78 is 1.61. The number of benzene rings is 2. The number of amides is 2. The van der Waals surface area contributed by atoms with Crippen LogP contribution >= 0.6 is 11.6 Å². The molecule has 146 valence electrons. The Labute approximate surface area is 168 Å². The molecule has 0 aliphatic carbocycles. The lowest BCUT2D eigenvalue weighted by atomic mass is 10.2. The Bertz CT molecular complexity index is 1050. The molecule has 0 aliphatic heterocycles. The van der Waals surface area contributed by atoms with Crippen molar-refractivity contribution < 1.29 is 4.79 Å². The molecule has 3 rings (SSSR count). The van der Waals surface area contributed by atoms with Gasteiger partial charge >= 0.3 is 6.03 Å². The molecule has 1 aromatic heterocycles. The van der Waals surface area contributed by atoms with Gasteiger partial charge in [-0.2, -0.15) is 0 Å². The van der Waals surface area contributed by atoms with Crippen molar-refractivity contribution in [3.8, 4) is 0 Å². The van der Waals surface area contributed by atoms with Crippen molar-refractivity contribution in [1.82, 2.24) is 14.5 Å². The first-order valence-electron chi connectivity index (χ1n) is 9.28. The fraction of sp³-hybridized carbons (Fsp3) is 0.286. The van der Waals surface area contributed by atoms with Crippen molar-refractivity contribution >= 4 is 34.2 Å². The molecule has 6 nitrogen and oxygen atoms in total. The minimum atomic E-state index is -0.398. The van der Waals surface area contributed by atoms with E-state index in [9.17, 15) is 9.59 Å². The summed E-state index contributed by atoms with van der Waals surface area (Å²) in [5.41, 5.74) is 1.11. The number of carbonyl (C=O) groups excluding carboxylic acids is 1. The monoisotopic (exact) mass is 398 g/mol. The first-order chi connectivity index (χ1) is 13.5. The number of nitrogens with one attached hydrogen (secondary N) is 1. The molecule has 0 spiro atoms. The highest BCUT2D eigenvalue weighted by Gasteiger charge is 2.25. The van der Waals surface area contributed by atoms with Gasteiger partial charge in [0.15, 0.2) is 0 Å². The van der Waals surface area contributed by atoms with E-state index in [1.54, 1.807) is 27.7 Å². The molecule has 0 saturated heterocycles. The fourth-order valence-electron chi connectivity index (χ4n) is 3.29. The van der Waals surface area contributed by atoms with Gasteiger partial charge in [0, 0.05) is 23.8 Å². The summed E-state index contributed by atoms with van der Waals surface area (Å²) in [5, 5.41) is 3.92. The van der Waals surface area contributed by atoms with Crippen LogP contribution in [0.1, 0.15) is 32.6 Å². The molecule has 28 heavy (non-hydrogen) atoms. The minimum absolute atomic E-state index is 0.134. The van der Waals surface area contributed by atoms with Crippen LogP contribution in [0.2, 0.25) is 5.02 Å². The maximum atomic E-state index is 12.9. The zero-order valence-electron chi connectivity index (χ0n) is 16.1. The normalized spacial score (nSPS) is 12.0. The summed E-state index contributed by atoms with van der Waals surface area (Å²) in [6.45, 7) is 6.59. The third-order valence-electron chi connectivity index (χ3n) is 4.73. The Morgan fingerprint density at radius 1 is 1.21 bits per heavy atom. The molecule has 0 aliphatic rings. The maximum absolute atomic E-state index is 12.9. The van der Waals surface area contributed by atoms with Crippen LogP contribution in [0.15, 0.2) is 53.3 Å². The Morgan fingerprint density at radius 3 is 2.57 bits per heavy atom. The topological polar surface area (TPSA) is 67.2 Å². The van der Waals surface area contributed by atoms with E-state index in [0.717, 1.165) is 0 Å². The van der Waals surface area contributed by atoms with Crippen molar-refractivity contribution in [2.24, 2.45) is 0 Å². The smallest absolute Gasteiger partial charge is 0.315 e. The Hall–Kier alpha value is -2.86. The molecule has 0 fully saturated rings. The van der Waals surface area contributed by atoms with Gasteiger partial charge in [-0.05, 0) is 51.1 Å². The van der Waals surface area contributed by atoms with Crippen molar-refractivity contribution in [1.29, 1.82) is 0 Å². The van der Waals surface area contributed by atoms with E-state index in [2.05, 4.69) is 10.3 Å². The lowest BCUT2D eigenvalue weighted by Gasteiger charge is -2.29. The Balaban J connectivity index is 2.01. The predicted molar refractivity (Wildman–Crippen MR) is 113 cm³/mol. The molecular weight excluding hydrogens is 376 g/mol. The predicted octanol–water partition coefficient (Wildman–Crippen LogP) is 4.68. The Morgan fingerprint density at radius 2 is 1.93 bits per heavy atom. The van der Waals surface area contributed by atoms with Crippen LogP contribution in [-0.2, 0) is 6.54 Å². The molecule has 1 heterocycles. The summed E-state index contributed by atoms with van der Waals surface area (Å²) in [5.74, 6) is 0.535. The van der Waals surface area contributed by atoms with Crippen LogP contribution in [0, 0.1) is 0 Å². The lowest BCUT2D eigenvalue weighted by molar-refractivity contribution is 0.192. The van der Waals surface area contributed by atoms with E-state index in [1.165, 1.54) is 0 Å². The number of rotatable bonds is 5. The van der Waals surface area contributed by atoms with E-state index >= 15 is 0 Å². The number of carbonyl (C=O) groups is 1. The number of halogens is 1. The third kappa shape index (κ3) is 3.87. The van der Waals surface area contributed by atoms with Gasteiger partial charge in [-0.15, -0.1) is 0 Å². The highest BCUT2D eigenvalue weighted by molar-refractivity contribution is 6.31. The van der Waals surface area contributed by atoms with Crippen LogP contribution in [-0.4, -0.2) is 27.0 Å². The first-order valence-corrected chi connectivity index (χ1v) is 9.66. The van der Waals surface area contributed by atoms with Crippen molar-refractivity contribution in [2.75, 3.05) is 11.9 Å². The summed E-state index contributed by atoms with van der Waals surface area (Å²) in [6.07, 6.45) is 0. The number of hydrogen-bond donors (Lipinski definition) is 1. The fourth-order valence-corrected chi connectivity index (χ4v) is 3.45. The molecule has 2 amide bonds. The summed E-state index contributed by atoms with van der Waals surface area (Å²) in [6, 6.07) is 13.7. The second kappa shape index (κ2) is 8.44. The summed E-state index contributed by atoms with van der Waals surface area (Å²) in [4.78, 5) is 32.1. The van der Waals surface area contributed by atoms with Crippen molar-refractivity contribution in [2.45, 2.75) is 33.4 Å². The molecule has 2 aromatic carbocycles. The van der Waals surface area contributed by atoms with Gasteiger partial charge < -0.3 is 10.2 Å². The number of para-hydroxylation sites is 1. The number of fused-ring (bicyclic) bond motifs is 1. The Kier molecular flexibility index (Phi) is 5.99. The van der Waals surface area contributed by atoms with Crippen molar-refractivity contribution in [3.05, 3.63) is 69.7 Å². The number of nitrogens with zero attached hydrogens (tertiary/aromatic N) is 3. The number of urea groups is 1. The highest BCUT2D eigenvalue weighted by atomic mass is 35.5. The molecule has 1 unspecified atom stereocenters. The standard InChI is InChI=1S/C21H23ClN4O2/c1-4-25(21(28)23-16-9-7-6-8-10-16)14(3)19-24-18-13-15(22)11-12-17(18)20(27)26(19)5-2/h6-14H,4-5H2,1-3H3,(H,23,28). The van der Waals surface area contributed by atoms with Gasteiger partial charge in [0.2, 0.25) is 0 Å². The van der Waals surface area contributed by atoms with Crippen LogP contribution in [0.3, 0.4) is 0 Å². The maximum Gasteiger partial charge on any atom is 0.322 e. The van der Waals surface area contributed by atoms with Gasteiger partial charge in [0.25, 0.3) is 5.56 Å². The highest BCUT2D eigenvalue weighted by Crippen LogP contribution is 2.22. The van der Waals surface area contributed by atoms with Gasteiger partial charge in [-0.1, -0.05) is 29.8 Å². The molecule has 0 saturated carbocycles. The molecule has 1 atom stereocenters. The van der Waals surface area contributed by atoms with E-state index in [-0.39, 0.29) is 11.6 Å². The molecule has 0 bridgehead atoms. The van der Waals surface area contributed by atoms with Gasteiger partial charge in [0.1, 0.15) is 5.82 Å². The molecule has 1 N–H and O–H groups in total. The number of hydrogen-bond acceptors (Lipinski definition) is 3. The van der Waals surface area contributed by atoms with E-state index in [1.807, 2.05) is 51.1 Å². The minimum Gasteiger partial charge on any atom is -0.315 e. The van der Waals surface area contributed by atoms with Gasteiger partial charge in [-0.3, -0.25) is 9.36 Å². The van der Waals surface area contributed by atoms with Crippen LogP contribution < -0.4 is 10.9 Å². The molecule has 7 heteroatoms. The zero-order valence-corrected chi connectivity index (χ0v) is 16.9. The SMILES string of the molecule is CCN(C(=O)Nc1ccccc1)C(C)c1nc2cc(Cl)ccc2c(=O)n1CC. The second-order valence-corrected chi connectivity index (χ2v) is 6.88. The van der Waals surface area contributed by atoms with Gasteiger partial charge in [-0.25, -0.2) is 9.78 Å². The summed E-state index contributed by atoms with van der Waals surface area (Å²) in [7, 11) is 0. The van der Waals surface area contributed by atoms with Crippen LogP contribution in [0.25, 0.3) is 10.9 Å². The van der Waals surface area contributed by atoms with Crippen LogP contribution in [0.4, 0.5) is 10.5 Å². The largest absolute Gasteiger partial charge is 0.322 e. The zero-order chi connectivity index (χ0) is 20.3. The quantitative estimate of drug-likeness (QED) is 0.678. The van der Waals surface area contributed by atoms with Crippen LogP contribution in [0.5, 0.6) is 0 Å². The average Bonchev–Trinajstić information content (AvgIpc) is 2.68. The number of anilines is 1.